The van der Waals surface area contributed by atoms with E-state index in [4.69, 9.17) is 5.73 Å². The predicted molar refractivity (Wildman–Crippen MR) is 98.9 cm³/mol. The topological polar surface area (TPSA) is 53.6 Å². The van der Waals surface area contributed by atoms with Crippen LogP contribution in [-0.2, 0) is 0 Å². The molecule has 5 heteroatoms. The number of aliphatic imine (C=N–C) groups is 1. The maximum absolute atomic E-state index is 5.91. The lowest BCUT2D eigenvalue weighted by Gasteiger charge is -2.21. The number of hydrogen-bond donors (Lipinski definition) is 2. The molecule has 0 aromatic carbocycles. The quantitative estimate of drug-likeness (QED) is 0.314. The first kappa shape index (κ1) is 20.0. The lowest BCUT2D eigenvalue weighted by atomic mass is 9.91. The summed E-state index contributed by atoms with van der Waals surface area (Å²) in [5, 5.41) is 3.22. The van der Waals surface area contributed by atoms with E-state index < -0.39 is 0 Å². The molecule has 0 amide bonds. The van der Waals surface area contributed by atoms with Crippen LogP contribution in [0.1, 0.15) is 53.4 Å². The van der Waals surface area contributed by atoms with E-state index in [0.29, 0.717) is 17.4 Å². The number of likely N-dealkylation sites (tertiary alicyclic amines) is 1. The van der Waals surface area contributed by atoms with E-state index in [1.807, 2.05) is 0 Å². The molecule has 1 aliphatic heterocycles. The second-order valence-corrected chi connectivity index (χ2v) is 6.74. The van der Waals surface area contributed by atoms with Crippen molar-refractivity contribution in [1.29, 1.82) is 0 Å². The van der Waals surface area contributed by atoms with Gasteiger partial charge < -0.3 is 11.1 Å². The van der Waals surface area contributed by atoms with Gasteiger partial charge in [0.25, 0.3) is 0 Å². The van der Waals surface area contributed by atoms with Crippen LogP contribution in [0.2, 0.25) is 0 Å². The summed E-state index contributed by atoms with van der Waals surface area (Å²) in [4.78, 5) is 6.98. The number of nitrogens with one attached hydrogen (secondary N) is 1. The molecule has 0 aliphatic carbocycles. The third-order valence-corrected chi connectivity index (χ3v) is 3.79. The molecule has 0 aromatic heterocycles. The van der Waals surface area contributed by atoms with Crippen LogP contribution >= 0.6 is 24.0 Å². The highest BCUT2D eigenvalue weighted by molar-refractivity contribution is 14.0. The van der Waals surface area contributed by atoms with Gasteiger partial charge in [0.1, 0.15) is 0 Å². The Morgan fingerprint density at radius 3 is 2.70 bits per heavy atom. The predicted octanol–water partition coefficient (Wildman–Crippen LogP) is 2.82. The Kier molecular flexibility index (Phi) is 9.80. The molecule has 1 atom stereocenters. The van der Waals surface area contributed by atoms with Crippen LogP contribution in [0.15, 0.2) is 4.99 Å². The number of nitrogens with two attached hydrogens (primary N) is 1. The van der Waals surface area contributed by atoms with Crippen molar-refractivity contribution in [3.8, 4) is 0 Å². The maximum atomic E-state index is 5.91. The normalized spacial score (nSPS) is 20.8. The summed E-state index contributed by atoms with van der Waals surface area (Å²) in [6.07, 6.45) is 4.91. The van der Waals surface area contributed by atoms with Crippen molar-refractivity contribution in [2.24, 2.45) is 16.1 Å². The fraction of sp³-hybridized carbons (Fsp3) is 0.933. The lowest BCUT2D eigenvalue weighted by Crippen LogP contribution is -2.36. The molecular weight excluding hydrogens is 363 g/mol. The summed E-state index contributed by atoms with van der Waals surface area (Å²) in [6.45, 7) is 13.1. The molecule has 1 heterocycles. The molecule has 3 N–H and O–H groups in total. The Morgan fingerprint density at radius 1 is 1.40 bits per heavy atom. The van der Waals surface area contributed by atoms with E-state index in [-0.39, 0.29) is 24.0 Å². The van der Waals surface area contributed by atoms with Crippen molar-refractivity contribution in [3.05, 3.63) is 0 Å². The molecule has 1 aliphatic rings. The van der Waals surface area contributed by atoms with Gasteiger partial charge in [-0.3, -0.25) is 9.89 Å². The van der Waals surface area contributed by atoms with Crippen LogP contribution in [0.3, 0.4) is 0 Å². The average Bonchev–Trinajstić information content (AvgIpc) is 2.78. The molecule has 1 unspecified atom stereocenters. The van der Waals surface area contributed by atoms with Crippen LogP contribution in [-0.4, -0.2) is 43.1 Å². The first-order chi connectivity index (χ1) is 8.92. The summed E-state index contributed by atoms with van der Waals surface area (Å²) in [5.41, 5.74) is 6.31. The highest BCUT2D eigenvalue weighted by atomic mass is 127. The van der Waals surface area contributed by atoms with Gasteiger partial charge in [0.05, 0.1) is 6.54 Å². The van der Waals surface area contributed by atoms with Crippen LogP contribution in [0, 0.1) is 5.41 Å². The summed E-state index contributed by atoms with van der Waals surface area (Å²) >= 11 is 0. The van der Waals surface area contributed by atoms with Gasteiger partial charge in [0, 0.05) is 12.6 Å². The van der Waals surface area contributed by atoms with Gasteiger partial charge >= 0.3 is 0 Å². The average molecular weight is 396 g/mol. The molecule has 0 radical (unpaired) electrons. The van der Waals surface area contributed by atoms with Crippen LogP contribution in [0.25, 0.3) is 0 Å². The van der Waals surface area contributed by atoms with Gasteiger partial charge in [-0.1, -0.05) is 27.7 Å². The van der Waals surface area contributed by atoms with Crippen molar-refractivity contribution in [2.45, 2.75) is 59.4 Å². The largest absolute Gasteiger partial charge is 0.370 e. The SMILES string of the molecule is CCN1CCCC1CN=C(N)NCCCC(C)(C)C.I. The molecule has 0 spiro atoms. The molecule has 0 saturated carbocycles. The van der Waals surface area contributed by atoms with Crippen molar-refractivity contribution in [3.63, 3.8) is 0 Å². The molecule has 4 nitrogen and oxygen atoms in total. The van der Waals surface area contributed by atoms with E-state index in [1.54, 1.807) is 0 Å². The second kappa shape index (κ2) is 9.82. The Hall–Kier alpha value is -0.0400. The molecule has 1 fully saturated rings. The first-order valence-electron chi connectivity index (χ1n) is 7.70. The summed E-state index contributed by atoms with van der Waals surface area (Å²) in [7, 11) is 0. The second-order valence-electron chi connectivity index (χ2n) is 6.74. The fourth-order valence-electron chi connectivity index (χ4n) is 2.61. The van der Waals surface area contributed by atoms with Crippen molar-refractivity contribution in [1.82, 2.24) is 10.2 Å². The van der Waals surface area contributed by atoms with Gasteiger partial charge in [-0.2, -0.15) is 0 Å². The minimum absolute atomic E-state index is 0. The minimum Gasteiger partial charge on any atom is -0.370 e. The zero-order valence-electron chi connectivity index (χ0n) is 13.6. The van der Waals surface area contributed by atoms with Gasteiger partial charge in [0.2, 0.25) is 0 Å². The van der Waals surface area contributed by atoms with Gasteiger partial charge in [-0.15, -0.1) is 24.0 Å². The number of guanidine groups is 1. The molecule has 0 aromatic rings. The zero-order chi connectivity index (χ0) is 14.3. The molecule has 20 heavy (non-hydrogen) atoms. The summed E-state index contributed by atoms with van der Waals surface area (Å²) < 4.78 is 0. The van der Waals surface area contributed by atoms with Crippen LogP contribution in [0.4, 0.5) is 0 Å². The summed E-state index contributed by atoms with van der Waals surface area (Å²) in [5.74, 6) is 0.608. The van der Waals surface area contributed by atoms with Gasteiger partial charge in [-0.25, -0.2) is 0 Å². The Balaban J connectivity index is 0.00000361. The Labute approximate surface area is 142 Å². The summed E-state index contributed by atoms with van der Waals surface area (Å²) in [6, 6.07) is 0.597. The molecular formula is C15H33IN4. The monoisotopic (exact) mass is 396 g/mol. The smallest absolute Gasteiger partial charge is 0.188 e. The number of likely N-dealkylation sites (N-methyl/N-ethyl adjacent to an activating group) is 1. The number of hydrogen-bond acceptors (Lipinski definition) is 2. The van der Waals surface area contributed by atoms with Crippen LogP contribution < -0.4 is 11.1 Å². The zero-order valence-corrected chi connectivity index (χ0v) is 15.9. The third kappa shape index (κ3) is 8.29. The maximum Gasteiger partial charge on any atom is 0.188 e. The van der Waals surface area contributed by atoms with E-state index in [2.05, 4.69) is 42.9 Å². The fourth-order valence-corrected chi connectivity index (χ4v) is 2.61. The van der Waals surface area contributed by atoms with Crippen molar-refractivity contribution < 1.29 is 0 Å². The van der Waals surface area contributed by atoms with E-state index >= 15 is 0 Å². The molecule has 1 rings (SSSR count). The van der Waals surface area contributed by atoms with Crippen molar-refractivity contribution >= 4 is 29.9 Å². The highest BCUT2D eigenvalue weighted by Gasteiger charge is 2.22. The number of halogens is 1. The Bertz CT molecular complexity index is 286. The lowest BCUT2D eigenvalue weighted by molar-refractivity contribution is 0.273. The minimum atomic E-state index is 0. The Morgan fingerprint density at radius 2 is 2.10 bits per heavy atom. The number of rotatable bonds is 6. The van der Waals surface area contributed by atoms with Gasteiger partial charge in [-0.05, 0) is 44.2 Å². The molecule has 120 valence electrons. The van der Waals surface area contributed by atoms with E-state index in [0.717, 1.165) is 26.1 Å². The standard InChI is InChI=1S/C15H32N4.HI/c1-5-19-11-6-8-13(19)12-18-14(16)17-10-7-9-15(2,3)4;/h13H,5-12H2,1-4H3,(H3,16,17,18);1H. The number of nitrogens with zero attached hydrogens (tertiary/aromatic N) is 2. The molecule has 0 bridgehead atoms. The van der Waals surface area contributed by atoms with E-state index in [9.17, 15) is 0 Å². The third-order valence-electron chi connectivity index (χ3n) is 3.79. The van der Waals surface area contributed by atoms with Crippen LogP contribution in [0.5, 0.6) is 0 Å². The van der Waals surface area contributed by atoms with Gasteiger partial charge in [0.15, 0.2) is 5.96 Å². The van der Waals surface area contributed by atoms with E-state index in [1.165, 1.54) is 25.8 Å². The molecule has 1 saturated heterocycles. The van der Waals surface area contributed by atoms with Crippen molar-refractivity contribution in [2.75, 3.05) is 26.2 Å². The highest BCUT2D eigenvalue weighted by Crippen LogP contribution is 2.19. The first-order valence-corrected chi connectivity index (χ1v) is 7.70.